The highest BCUT2D eigenvalue weighted by Crippen LogP contribution is 2.29. The summed E-state index contributed by atoms with van der Waals surface area (Å²) in [6.07, 6.45) is 0.842. The van der Waals surface area contributed by atoms with E-state index in [0.717, 1.165) is 17.2 Å². The maximum Gasteiger partial charge on any atom is 0.270 e. The van der Waals surface area contributed by atoms with E-state index in [0.29, 0.717) is 24.9 Å². The average molecular weight is 446 g/mol. The highest BCUT2D eigenvalue weighted by atomic mass is 32.2. The first-order valence-corrected chi connectivity index (χ1v) is 11.6. The molecule has 1 aliphatic rings. The maximum atomic E-state index is 13.1. The topological polar surface area (TPSA) is 101 Å². The summed E-state index contributed by atoms with van der Waals surface area (Å²) in [5.41, 5.74) is 2.41. The van der Waals surface area contributed by atoms with Crippen molar-refractivity contribution in [2.75, 3.05) is 20.1 Å². The molecule has 3 rings (SSSR count). The van der Waals surface area contributed by atoms with E-state index in [4.69, 9.17) is 0 Å². The van der Waals surface area contributed by atoms with Gasteiger partial charge in [-0.15, -0.1) is 0 Å². The molecule has 8 nitrogen and oxygen atoms in total. The van der Waals surface area contributed by atoms with E-state index in [-0.39, 0.29) is 35.5 Å². The molecule has 0 N–H and O–H groups in total. The summed E-state index contributed by atoms with van der Waals surface area (Å²) in [5.74, 6) is -0.237. The van der Waals surface area contributed by atoms with Crippen LogP contribution >= 0.6 is 0 Å². The second kappa shape index (κ2) is 9.15. The second-order valence-corrected chi connectivity index (χ2v) is 9.91. The molecule has 0 radical (unpaired) electrons. The molecule has 1 fully saturated rings. The normalized spacial score (nSPS) is 15.6. The third-order valence-electron chi connectivity index (χ3n) is 5.85. The van der Waals surface area contributed by atoms with Crippen molar-refractivity contribution in [2.24, 2.45) is 5.92 Å². The lowest BCUT2D eigenvalue weighted by Crippen LogP contribution is -2.43. The van der Waals surface area contributed by atoms with Crippen LogP contribution < -0.4 is 0 Å². The molecular weight excluding hydrogens is 418 g/mol. The highest BCUT2D eigenvalue weighted by molar-refractivity contribution is 7.89. The van der Waals surface area contributed by atoms with Crippen LogP contribution in [-0.4, -0.2) is 48.6 Å². The number of sulfonamides is 1. The van der Waals surface area contributed by atoms with Crippen LogP contribution in [0.25, 0.3) is 0 Å². The van der Waals surface area contributed by atoms with Crippen LogP contribution in [-0.2, 0) is 21.4 Å². The van der Waals surface area contributed by atoms with E-state index < -0.39 is 14.9 Å². The minimum Gasteiger partial charge on any atom is -0.341 e. The van der Waals surface area contributed by atoms with Gasteiger partial charge in [0.2, 0.25) is 15.9 Å². The van der Waals surface area contributed by atoms with Crippen molar-refractivity contribution in [3.05, 3.63) is 69.3 Å². The smallest absolute Gasteiger partial charge is 0.270 e. The van der Waals surface area contributed by atoms with Gasteiger partial charge in [0.15, 0.2) is 0 Å². The van der Waals surface area contributed by atoms with Crippen LogP contribution in [0.4, 0.5) is 5.69 Å². The molecule has 0 aromatic heterocycles. The Kier molecular flexibility index (Phi) is 6.76. The predicted molar refractivity (Wildman–Crippen MR) is 117 cm³/mol. The largest absolute Gasteiger partial charge is 0.341 e. The molecule has 1 heterocycles. The van der Waals surface area contributed by atoms with Crippen molar-refractivity contribution in [1.82, 2.24) is 9.21 Å². The number of non-ortho nitro benzene ring substituents is 1. The summed E-state index contributed by atoms with van der Waals surface area (Å²) in [5, 5.41) is 11.1. The Bertz CT molecular complexity index is 1090. The van der Waals surface area contributed by atoms with E-state index >= 15 is 0 Å². The number of carbonyl (C=O) groups is 1. The minimum absolute atomic E-state index is 0.00632. The zero-order valence-electron chi connectivity index (χ0n) is 17.9. The number of benzene rings is 2. The number of nitro benzene ring substituents is 1. The molecule has 1 saturated heterocycles. The number of piperidine rings is 1. The lowest BCUT2D eigenvalue weighted by Gasteiger charge is -2.33. The monoisotopic (exact) mass is 445 g/mol. The molecule has 166 valence electrons. The van der Waals surface area contributed by atoms with E-state index in [2.05, 4.69) is 0 Å². The molecule has 1 amide bonds. The van der Waals surface area contributed by atoms with E-state index in [9.17, 15) is 23.3 Å². The van der Waals surface area contributed by atoms with Gasteiger partial charge in [-0.25, -0.2) is 8.42 Å². The Morgan fingerprint density at radius 3 is 2.39 bits per heavy atom. The first-order valence-electron chi connectivity index (χ1n) is 10.2. The van der Waals surface area contributed by atoms with Gasteiger partial charge in [-0.1, -0.05) is 30.3 Å². The summed E-state index contributed by atoms with van der Waals surface area (Å²) in [6.45, 7) is 4.55. The number of nitro groups is 1. The maximum absolute atomic E-state index is 13.1. The summed E-state index contributed by atoms with van der Waals surface area (Å²) >= 11 is 0. The number of nitrogens with zero attached hydrogens (tertiary/aromatic N) is 3. The molecule has 2 aromatic rings. The fourth-order valence-corrected chi connectivity index (χ4v) is 5.61. The summed E-state index contributed by atoms with van der Waals surface area (Å²) in [6, 6.07) is 11.8. The van der Waals surface area contributed by atoms with Crippen LogP contribution in [0, 0.1) is 29.9 Å². The Morgan fingerprint density at radius 2 is 1.77 bits per heavy atom. The van der Waals surface area contributed by atoms with Crippen LogP contribution in [0.2, 0.25) is 0 Å². The lowest BCUT2D eigenvalue weighted by molar-refractivity contribution is -0.385. The SMILES string of the molecule is Cc1ccccc1CN(C)C(=O)C1CCN(S(=O)(=O)c2cc([N+](=O)[O-])ccc2C)CC1. The van der Waals surface area contributed by atoms with Gasteiger partial charge in [-0.3, -0.25) is 14.9 Å². The van der Waals surface area contributed by atoms with Gasteiger partial charge in [0.1, 0.15) is 0 Å². The van der Waals surface area contributed by atoms with Crippen molar-refractivity contribution >= 4 is 21.6 Å². The third-order valence-corrected chi connectivity index (χ3v) is 7.89. The molecule has 0 spiro atoms. The first kappa shape index (κ1) is 22.9. The van der Waals surface area contributed by atoms with Gasteiger partial charge in [0.05, 0.1) is 9.82 Å². The number of hydrogen-bond acceptors (Lipinski definition) is 5. The van der Waals surface area contributed by atoms with Crippen LogP contribution in [0.5, 0.6) is 0 Å². The number of aryl methyl sites for hydroxylation is 2. The van der Waals surface area contributed by atoms with Gasteiger partial charge in [0.25, 0.3) is 5.69 Å². The van der Waals surface area contributed by atoms with Crippen molar-refractivity contribution < 1.29 is 18.1 Å². The third kappa shape index (κ3) is 4.94. The fraction of sp³-hybridized carbons (Fsp3) is 0.409. The number of amides is 1. The number of carbonyl (C=O) groups excluding carboxylic acids is 1. The molecule has 0 bridgehead atoms. The van der Waals surface area contributed by atoms with Gasteiger partial charge >= 0.3 is 0 Å². The molecule has 31 heavy (non-hydrogen) atoms. The molecule has 0 atom stereocenters. The zero-order valence-corrected chi connectivity index (χ0v) is 18.8. The van der Waals surface area contributed by atoms with E-state index in [1.165, 1.54) is 16.4 Å². The lowest BCUT2D eigenvalue weighted by atomic mass is 9.96. The molecule has 2 aromatic carbocycles. The van der Waals surface area contributed by atoms with Gasteiger partial charge in [0, 0.05) is 44.7 Å². The van der Waals surface area contributed by atoms with Crippen molar-refractivity contribution in [2.45, 2.75) is 38.1 Å². The Hall–Kier alpha value is -2.78. The Morgan fingerprint density at radius 1 is 1.13 bits per heavy atom. The molecular formula is C22H27N3O5S. The molecule has 0 aliphatic carbocycles. The number of hydrogen-bond donors (Lipinski definition) is 0. The average Bonchev–Trinajstić information content (AvgIpc) is 2.74. The highest BCUT2D eigenvalue weighted by Gasteiger charge is 2.34. The van der Waals surface area contributed by atoms with E-state index in [1.807, 2.05) is 31.2 Å². The molecule has 1 aliphatic heterocycles. The standard InChI is InChI=1S/C22H27N3O5S/c1-16-6-4-5-7-19(16)15-23(3)22(26)18-10-12-24(13-11-18)31(29,30)21-14-20(25(27)28)9-8-17(21)2/h4-9,14,18H,10-13,15H2,1-3H3. The van der Waals surface area contributed by atoms with Gasteiger partial charge in [-0.05, 0) is 43.4 Å². The zero-order chi connectivity index (χ0) is 22.8. The molecule has 0 saturated carbocycles. The predicted octanol–water partition coefficient (Wildman–Crippen LogP) is 3.27. The second-order valence-electron chi connectivity index (χ2n) is 8.01. The van der Waals surface area contributed by atoms with Crippen LogP contribution in [0.1, 0.15) is 29.5 Å². The summed E-state index contributed by atoms with van der Waals surface area (Å²) in [7, 11) is -2.10. The molecule has 0 unspecified atom stereocenters. The van der Waals surface area contributed by atoms with Crippen LogP contribution in [0.3, 0.4) is 0 Å². The minimum atomic E-state index is -3.87. The van der Waals surface area contributed by atoms with Crippen molar-refractivity contribution in [3.8, 4) is 0 Å². The Labute approximate surface area is 182 Å². The fourth-order valence-electron chi connectivity index (χ4n) is 3.90. The Balaban J connectivity index is 1.67. The van der Waals surface area contributed by atoms with Crippen molar-refractivity contribution in [1.29, 1.82) is 0 Å². The van der Waals surface area contributed by atoms with Gasteiger partial charge in [-0.2, -0.15) is 4.31 Å². The van der Waals surface area contributed by atoms with Crippen molar-refractivity contribution in [3.63, 3.8) is 0 Å². The van der Waals surface area contributed by atoms with Gasteiger partial charge < -0.3 is 4.90 Å². The quantitative estimate of drug-likeness (QED) is 0.502. The summed E-state index contributed by atoms with van der Waals surface area (Å²) in [4.78, 5) is 25.0. The van der Waals surface area contributed by atoms with Crippen LogP contribution in [0.15, 0.2) is 47.4 Å². The molecule has 9 heteroatoms. The number of rotatable bonds is 6. The summed E-state index contributed by atoms with van der Waals surface area (Å²) < 4.78 is 27.5. The first-order chi connectivity index (χ1) is 14.6. The van der Waals surface area contributed by atoms with E-state index in [1.54, 1.807) is 18.9 Å².